The largest absolute Gasteiger partial charge is 0.321 e. The molecule has 0 fully saturated rings. The Morgan fingerprint density at radius 1 is 1.11 bits per heavy atom. The molecule has 1 unspecified atom stereocenters. The van der Waals surface area contributed by atoms with E-state index in [1.807, 2.05) is 0 Å². The summed E-state index contributed by atoms with van der Waals surface area (Å²) in [5.74, 6) is -0.969. The van der Waals surface area contributed by atoms with Gasteiger partial charge in [-0.15, -0.1) is 0 Å². The number of carbonyl (C=O) groups excluding carboxylic acids is 1. The van der Waals surface area contributed by atoms with Crippen molar-refractivity contribution in [3.63, 3.8) is 0 Å². The fourth-order valence-corrected chi connectivity index (χ4v) is 2.40. The monoisotopic (exact) mass is 279 g/mol. The maximum atomic E-state index is 11.5. The van der Waals surface area contributed by atoms with Crippen LogP contribution < -0.4 is 5.73 Å². The van der Waals surface area contributed by atoms with Crippen molar-refractivity contribution in [2.45, 2.75) is 64.3 Å². The van der Waals surface area contributed by atoms with Crippen LogP contribution in [0, 0.1) is 0 Å². The lowest BCUT2D eigenvalue weighted by Crippen LogP contribution is -2.37. The van der Waals surface area contributed by atoms with Crippen LogP contribution >= 0.6 is 0 Å². The Morgan fingerprint density at radius 3 is 2.11 bits per heavy atom. The van der Waals surface area contributed by atoms with Crippen molar-refractivity contribution >= 4 is 15.9 Å². The number of rotatable bonds is 11. The molecule has 0 spiro atoms. The lowest BCUT2D eigenvalue weighted by atomic mass is 10.0. The molecule has 0 saturated carbocycles. The molecule has 0 heterocycles. The topological polar surface area (TPSA) is 97.5 Å². The molecule has 0 amide bonds. The molecule has 0 rings (SSSR count). The fraction of sp³-hybridized carbons (Fsp3) is 0.917. The van der Waals surface area contributed by atoms with Gasteiger partial charge < -0.3 is 5.73 Å². The van der Waals surface area contributed by atoms with Crippen LogP contribution in [0.5, 0.6) is 0 Å². The van der Waals surface area contributed by atoms with Gasteiger partial charge in [-0.1, -0.05) is 45.4 Å². The molecule has 3 N–H and O–H groups in total. The lowest BCUT2D eigenvalue weighted by Gasteiger charge is -2.08. The summed E-state index contributed by atoms with van der Waals surface area (Å²) in [5, 5.41) is 0. The third-order valence-corrected chi connectivity index (χ3v) is 3.61. The van der Waals surface area contributed by atoms with Gasteiger partial charge in [-0.05, 0) is 6.42 Å². The van der Waals surface area contributed by atoms with E-state index < -0.39 is 21.9 Å². The molecule has 0 aromatic heterocycles. The van der Waals surface area contributed by atoms with Gasteiger partial charge in [0.15, 0.2) is 5.78 Å². The number of unbranched alkanes of at least 4 members (excludes halogenated alkanes) is 6. The SMILES string of the molecule is CCCCCCCCCC(=O)C(N)CS(=O)(=O)O. The lowest BCUT2D eigenvalue weighted by molar-refractivity contribution is -0.120. The van der Waals surface area contributed by atoms with E-state index in [-0.39, 0.29) is 5.78 Å². The first-order valence-electron chi connectivity index (χ1n) is 6.60. The normalized spacial score (nSPS) is 13.5. The Bertz CT molecular complexity index is 327. The van der Waals surface area contributed by atoms with Gasteiger partial charge >= 0.3 is 0 Å². The number of ketones is 1. The van der Waals surface area contributed by atoms with E-state index in [0.717, 1.165) is 19.3 Å². The van der Waals surface area contributed by atoms with Gasteiger partial charge in [-0.25, -0.2) is 0 Å². The molecular formula is C12H25NO4S. The maximum absolute atomic E-state index is 11.5. The summed E-state index contributed by atoms with van der Waals surface area (Å²) in [4.78, 5) is 11.5. The summed E-state index contributed by atoms with van der Waals surface area (Å²) in [5.41, 5.74) is 5.40. The first-order chi connectivity index (χ1) is 8.37. The second-order valence-electron chi connectivity index (χ2n) is 4.69. The van der Waals surface area contributed by atoms with Gasteiger partial charge in [0.2, 0.25) is 0 Å². The van der Waals surface area contributed by atoms with Crippen molar-refractivity contribution in [1.82, 2.24) is 0 Å². The molecule has 0 aromatic carbocycles. The summed E-state index contributed by atoms with van der Waals surface area (Å²) < 4.78 is 29.7. The predicted octanol–water partition coefficient (Wildman–Crippen LogP) is 1.91. The fourth-order valence-electron chi connectivity index (χ4n) is 1.76. The zero-order chi connectivity index (χ0) is 14.0. The maximum Gasteiger partial charge on any atom is 0.266 e. The van der Waals surface area contributed by atoms with Crippen molar-refractivity contribution in [2.75, 3.05) is 5.75 Å². The van der Waals surface area contributed by atoms with Crippen LogP contribution in [0.25, 0.3) is 0 Å². The summed E-state index contributed by atoms with van der Waals surface area (Å²) in [6, 6.07) is -1.10. The molecule has 5 nitrogen and oxygen atoms in total. The molecule has 0 aliphatic carbocycles. The zero-order valence-corrected chi connectivity index (χ0v) is 11.9. The second-order valence-corrected chi connectivity index (χ2v) is 6.19. The van der Waals surface area contributed by atoms with Crippen LogP contribution in [0.3, 0.4) is 0 Å². The van der Waals surface area contributed by atoms with E-state index >= 15 is 0 Å². The Labute approximate surface area is 110 Å². The van der Waals surface area contributed by atoms with Gasteiger partial charge in [-0.2, -0.15) is 8.42 Å². The van der Waals surface area contributed by atoms with E-state index in [1.165, 1.54) is 25.7 Å². The molecule has 0 radical (unpaired) electrons. The Hall–Kier alpha value is -0.460. The highest BCUT2D eigenvalue weighted by Crippen LogP contribution is 2.09. The molecular weight excluding hydrogens is 254 g/mol. The molecule has 0 saturated heterocycles. The first-order valence-corrected chi connectivity index (χ1v) is 8.21. The zero-order valence-electron chi connectivity index (χ0n) is 11.1. The summed E-state index contributed by atoms with van der Waals surface area (Å²) in [6.45, 7) is 2.16. The Kier molecular flexibility index (Phi) is 9.23. The van der Waals surface area contributed by atoms with Gasteiger partial charge in [0.1, 0.15) is 0 Å². The number of Topliss-reactive ketones (excluding diaryl/α,β-unsaturated/α-hetero) is 1. The van der Waals surface area contributed by atoms with Gasteiger partial charge in [0.25, 0.3) is 10.1 Å². The Morgan fingerprint density at radius 2 is 1.61 bits per heavy atom. The minimum Gasteiger partial charge on any atom is -0.321 e. The number of hydrogen-bond donors (Lipinski definition) is 2. The average Bonchev–Trinajstić information content (AvgIpc) is 2.25. The molecule has 0 aliphatic heterocycles. The molecule has 18 heavy (non-hydrogen) atoms. The van der Waals surface area contributed by atoms with E-state index in [0.29, 0.717) is 6.42 Å². The van der Waals surface area contributed by atoms with Crippen LogP contribution in [0.15, 0.2) is 0 Å². The minimum atomic E-state index is -4.16. The molecule has 108 valence electrons. The van der Waals surface area contributed by atoms with Gasteiger partial charge in [-0.3, -0.25) is 9.35 Å². The summed E-state index contributed by atoms with van der Waals surface area (Å²) in [7, 11) is -4.16. The van der Waals surface area contributed by atoms with Gasteiger partial charge in [0, 0.05) is 6.42 Å². The molecule has 0 bridgehead atoms. The third-order valence-electron chi connectivity index (χ3n) is 2.83. The van der Waals surface area contributed by atoms with Crippen LogP contribution in [-0.2, 0) is 14.9 Å². The molecule has 0 aromatic rings. The van der Waals surface area contributed by atoms with Crippen molar-refractivity contribution in [1.29, 1.82) is 0 Å². The summed E-state index contributed by atoms with van der Waals surface area (Å²) in [6.07, 6.45) is 7.97. The molecule has 1 atom stereocenters. The average molecular weight is 279 g/mol. The summed E-state index contributed by atoms with van der Waals surface area (Å²) >= 11 is 0. The van der Waals surface area contributed by atoms with E-state index in [2.05, 4.69) is 6.92 Å². The van der Waals surface area contributed by atoms with E-state index in [1.54, 1.807) is 0 Å². The van der Waals surface area contributed by atoms with Gasteiger partial charge in [0.05, 0.1) is 11.8 Å². The van der Waals surface area contributed by atoms with Crippen molar-refractivity contribution < 1.29 is 17.8 Å². The van der Waals surface area contributed by atoms with E-state index in [4.69, 9.17) is 10.3 Å². The van der Waals surface area contributed by atoms with Crippen LogP contribution in [-0.4, -0.2) is 30.5 Å². The second kappa shape index (κ2) is 9.47. The van der Waals surface area contributed by atoms with Crippen molar-refractivity contribution in [3.05, 3.63) is 0 Å². The highest BCUT2D eigenvalue weighted by molar-refractivity contribution is 7.85. The van der Waals surface area contributed by atoms with Crippen LogP contribution in [0.1, 0.15) is 58.3 Å². The van der Waals surface area contributed by atoms with Crippen LogP contribution in [0.4, 0.5) is 0 Å². The predicted molar refractivity (Wildman–Crippen MR) is 72.0 cm³/mol. The van der Waals surface area contributed by atoms with Crippen molar-refractivity contribution in [2.24, 2.45) is 5.73 Å². The third kappa shape index (κ3) is 10.7. The number of carbonyl (C=O) groups is 1. The molecule has 6 heteroatoms. The standard InChI is InChI=1S/C12H25NO4S/c1-2-3-4-5-6-7-8-9-12(14)11(13)10-18(15,16)17/h11H,2-10,13H2,1H3,(H,15,16,17). The smallest absolute Gasteiger partial charge is 0.266 e. The highest BCUT2D eigenvalue weighted by atomic mass is 32.2. The number of nitrogens with two attached hydrogens (primary N) is 1. The molecule has 0 aliphatic rings. The van der Waals surface area contributed by atoms with E-state index in [9.17, 15) is 13.2 Å². The van der Waals surface area contributed by atoms with Crippen LogP contribution in [0.2, 0.25) is 0 Å². The number of hydrogen-bond acceptors (Lipinski definition) is 4. The minimum absolute atomic E-state index is 0.291. The highest BCUT2D eigenvalue weighted by Gasteiger charge is 2.19. The Balaban J connectivity index is 3.58. The van der Waals surface area contributed by atoms with Crippen molar-refractivity contribution in [3.8, 4) is 0 Å². The quantitative estimate of drug-likeness (QED) is 0.445. The first kappa shape index (κ1) is 17.5.